The lowest BCUT2D eigenvalue weighted by Gasteiger charge is -2.28. The number of hydrogen-bond donors (Lipinski definition) is 2. The number of hydrogen-bond acceptors (Lipinski definition) is 4. The summed E-state index contributed by atoms with van der Waals surface area (Å²) in [5, 5.41) is 6.39. The van der Waals surface area contributed by atoms with Gasteiger partial charge in [-0.1, -0.05) is 27.7 Å². The maximum Gasteiger partial charge on any atom is 0.407 e. The van der Waals surface area contributed by atoms with E-state index in [1.54, 1.807) is 7.05 Å². The maximum atomic E-state index is 12.2. The van der Waals surface area contributed by atoms with Crippen molar-refractivity contribution in [1.82, 2.24) is 25.1 Å². The Balaban J connectivity index is 0.00000900. The molecular weight excluding hydrogens is 507 g/mol. The number of carbonyl (C=O) groups excluding carboxylic acids is 1. The lowest BCUT2D eigenvalue weighted by molar-refractivity contribution is 0.0486. The normalized spacial score (nSPS) is 13.1. The number of imidazole rings is 1. The Morgan fingerprint density at radius 1 is 1.29 bits per heavy atom. The van der Waals surface area contributed by atoms with E-state index in [4.69, 9.17) is 4.74 Å². The average Bonchev–Trinajstić information content (AvgIpc) is 3.03. The molecule has 0 spiro atoms. The van der Waals surface area contributed by atoms with Crippen molar-refractivity contribution in [3.05, 3.63) is 18.2 Å². The van der Waals surface area contributed by atoms with Gasteiger partial charge in [0.05, 0.1) is 6.54 Å². The Kier molecular flexibility index (Phi) is 13.1. The molecule has 2 N–H and O–H groups in total. The monoisotopic (exact) mass is 550 g/mol. The quantitative estimate of drug-likeness (QED) is 0.275. The van der Waals surface area contributed by atoms with Gasteiger partial charge in [-0.3, -0.25) is 4.99 Å². The second-order valence-corrected chi connectivity index (χ2v) is 9.50. The zero-order valence-corrected chi connectivity index (χ0v) is 23.1. The predicted octanol–water partition coefficient (Wildman–Crippen LogP) is 4.10. The van der Waals surface area contributed by atoms with Gasteiger partial charge < -0.3 is 24.8 Å². The molecule has 0 fully saturated rings. The smallest absolute Gasteiger partial charge is 0.407 e. The molecule has 0 radical (unpaired) electrons. The van der Waals surface area contributed by atoms with Crippen LogP contribution in [0.2, 0.25) is 0 Å². The van der Waals surface area contributed by atoms with Crippen LogP contribution in [0.15, 0.2) is 17.4 Å². The van der Waals surface area contributed by atoms with Crippen molar-refractivity contribution >= 4 is 36.0 Å². The summed E-state index contributed by atoms with van der Waals surface area (Å²) < 4.78 is 7.57. The summed E-state index contributed by atoms with van der Waals surface area (Å²) in [7, 11) is 3.78. The van der Waals surface area contributed by atoms with E-state index in [1.165, 1.54) is 0 Å². The number of halogens is 1. The molecule has 8 nitrogen and oxygen atoms in total. The molecule has 1 aromatic rings. The standard InChI is InChI=1S/C22H42N6O2.HI/c1-16(2)15-28-13-11-24-19(28)14-25-20(23-8)27(9)12-10-18(17(3)4)26-21(29)30-22(5,6)7;/h11,13,16-18H,10,12,14-15H2,1-9H3,(H,23,25)(H,26,29);1H. The van der Waals surface area contributed by atoms with Crippen molar-refractivity contribution < 1.29 is 9.53 Å². The van der Waals surface area contributed by atoms with E-state index in [-0.39, 0.29) is 36.1 Å². The highest BCUT2D eigenvalue weighted by Crippen LogP contribution is 2.11. The third-order valence-corrected chi connectivity index (χ3v) is 4.62. The lowest BCUT2D eigenvalue weighted by atomic mass is 10.0. The van der Waals surface area contributed by atoms with Gasteiger partial charge in [0.1, 0.15) is 11.4 Å². The van der Waals surface area contributed by atoms with Gasteiger partial charge in [0.2, 0.25) is 0 Å². The summed E-state index contributed by atoms with van der Waals surface area (Å²) in [6, 6.07) is 0.0188. The zero-order valence-electron chi connectivity index (χ0n) is 20.7. The number of carbonyl (C=O) groups is 1. The number of nitrogens with zero attached hydrogens (tertiary/aromatic N) is 4. The van der Waals surface area contributed by atoms with E-state index < -0.39 is 5.60 Å². The van der Waals surface area contributed by atoms with Gasteiger partial charge in [0, 0.05) is 45.6 Å². The molecule has 1 aromatic heterocycles. The molecule has 0 aliphatic rings. The summed E-state index contributed by atoms with van der Waals surface area (Å²) in [5.74, 6) is 2.65. The SMILES string of the molecule is CN=C(NCc1nccn1CC(C)C)N(C)CCC(NC(=O)OC(C)(C)C)C(C)C.I. The summed E-state index contributed by atoms with van der Waals surface area (Å²) in [6.45, 7) is 16.5. The molecule has 9 heteroatoms. The fourth-order valence-corrected chi connectivity index (χ4v) is 3.08. The number of nitrogens with one attached hydrogen (secondary N) is 2. The first-order valence-electron chi connectivity index (χ1n) is 10.8. The molecule has 1 rings (SSSR count). The molecule has 0 saturated heterocycles. The average molecular weight is 551 g/mol. The first-order chi connectivity index (χ1) is 13.9. The van der Waals surface area contributed by atoms with Crippen LogP contribution in [0.5, 0.6) is 0 Å². The van der Waals surface area contributed by atoms with Gasteiger partial charge in [0.15, 0.2) is 5.96 Å². The van der Waals surface area contributed by atoms with Crippen LogP contribution in [-0.2, 0) is 17.8 Å². The van der Waals surface area contributed by atoms with Gasteiger partial charge in [-0.25, -0.2) is 9.78 Å². The van der Waals surface area contributed by atoms with Crippen molar-refractivity contribution in [3.63, 3.8) is 0 Å². The first kappa shape index (κ1) is 29.5. The van der Waals surface area contributed by atoms with Crippen LogP contribution in [0, 0.1) is 11.8 Å². The van der Waals surface area contributed by atoms with E-state index in [1.807, 2.05) is 40.2 Å². The first-order valence-corrected chi connectivity index (χ1v) is 10.8. The zero-order chi connectivity index (χ0) is 22.9. The summed E-state index contributed by atoms with van der Waals surface area (Å²) in [4.78, 5) is 23.1. The minimum absolute atomic E-state index is 0. The van der Waals surface area contributed by atoms with Crippen LogP contribution >= 0.6 is 24.0 Å². The van der Waals surface area contributed by atoms with Crippen LogP contribution in [0.1, 0.15) is 60.7 Å². The fourth-order valence-electron chi connectivity index (χ4n) is 3.08. The van der Waals surface area contributed by atoms with E-state index in [0.29, 0.717) is 18.4 Å². The molecule has 0 bridgehead atoms. The molecule has 180 valence electrons. The highest BCUT2D eigenvalue weighted by molar-refractivity contribution is 14.0. The number of ether oxygens (including phenoxy) is 1. The van der Waals surface area contributed by atoms with E-state index >= 15 is 0 Å². The van der Waals surface area contributed by atoms with E-state index in [0.717, 1.165) is 31.3 Å². The molecule has 1 atom stereocenters. The van der Waals surface area contributed by atoms with Crippen molar-refractivity contribution in [3.8, 4) is 0 Å². The molecule has 0 aliphatic heterocycles. The number of alkyl carbamates (subject to hydrolysis) is 1. The van der Waals surface area contributed by atoms with Crippen LogP contribution in [0.3, 0.4) is 0 Å². The Hall–Kier alpha value is -1.52. The molecule has 0 aliphatic carbocycles. The third-order valence-electron chi connectivity index (χ3n) is 4.62. The van der Waals surface area contributed by atoms with Crippen LogP contribution < -0.4 is 10.6 Å². The number of guanidine groups is 1. The molecule has 1 heterocycles. The molecule has 1 unspecified atom stereocenters. The van der Waals surface area contributed by atoms with Gasteiger partial charge >= 0.3 is 6.09 Å². The van der Waals surface area contributed by atoms with E-state index in [9.17, 15) is 4.79 Å². The number of amides is 1. The van der Waals surface area contributed by atoms with Gasteiger partial charge in [-0.2, -0.15) is 0 Å². The maximum absolute atomic E-state index is 12.2. The topological polar surface area (TPSA) is 83.8 Å². The van der Waals surface area contributed by atoms with Crippen molar-refractivity contribution in [2.24, 2.45) is 16.8 Å². The van der Waals surface area contributed by atoms with Crippen molar-refractivity contribution in [2.75, 3.05) is 20.6 Å². The highest BCUT2D eigenvalue weighted by atomic mass is 127. The Labute approximate surface area is 205 Å². The Morgan fingerprint density at radius 2 is 1.94 bits per heavy atom. The minimum atomic E-state index is -0.504. The minimum Gasteiger partial charge on any atom is -0.444 e. The van der Waals surface area contributed by atoms with E-state index in [2.05, 4.69) is 57.8 Å². The summed E-state index contributed by atoms with van der Waals surface area (Å²) in [6.07, 6.45) is 4.26. The summed E-state index contributed by atoms with van der Waals surface area (Å²) in [5.41, 5.74) is -0.504. The molecular formula is C22H43IN6O2. The number of rotatable bonds is 9. The largest absolute Gasteiger partial charge is 0.444 e. The molecule has 31 heavy (non-hydrogen) atoms. The van der Waals surface area contributed by atoms with Gasteiger partial charge in [-0.05, 0) is 39.0 Å². The third kappa shape index (κ3) is 11.6. The van der Waals surface area contributed by atoms with Crippen LogP contribution in [0.25, 0.3) is 0 Å². The molecule has 0 saturated carbocycles. The second kappa shape index (κ2) is 13.8. The van der Waals surface area contributed by atoms with Crippen molar-refractivity contribution in [1.29, 1.82) is 0 Å². The van der Waals surface area contributed by atoms with Crippen LogP contribution in [-0.4, -0.2) is 58.8 Å². The van der Waals surface area contributed by atoms with Crippen molar-refractivity contribution in [2.45, 2.75) is 79.6 Å². The molecule has 0 aromatic carbocycles. The highest BCUT2D eigenvalue weighted by Gasteiger charge is 2.22. The number of aliphatic imine (C=N–C) groups is 1. The van der Waals surface area contributed by atoms with Gasteiger partial charge in [0.25, 0.3) is 0 Å². The Bertz CT molecular complexity index is 682. The van der Waals surface area contributed by atoms with Crippen LogP contribution in [0.4, 0.5) is 4.79 Å². The number of aromatic nitrogens is 2. The Morgan fingerprint density at radius 3 is 2.45 bits per heavy atom. The second-order valence-electron chi connectivity index (χ2n) is 9.50. The fraction of sp³-hybridized carbons (Fsp3) is 0.773. The lowest BCUT2D eigenvalue weighted by Crippen LogP contribution is -2.45. The predicted molar refractivity (Wildman–Crippen MR) is 138 cm³/mol. The molecule has 1 amide bonds. The van der Waals surface area contributed by atoms with Gasteiger partial charge in [-0.15, -0.1) is 24.0 Å². The summed E-state index contributed by atoms with van der Waals surface area (Å²) >= 11 is 0.